The lowest BCUT2D eigenvalue weighted by molar-refractivity contribution is -0.134. The van der Waals surface area contributed by atoms with E-state index in [0.29, 0.717) is 37.0 Å². The highest BCUT2D eigenvalue weighted by atomic mass is 35.5. The van der Waals surface area contributed by atoms with E-state index in [1.165, 1.54) is 6.20 Å². The van der Waals surface area contributed by atoms with Crippen LogP contribution in [-0.4, -0.2) is 72.7 Å². The Labute approximate surface area is 186 Å². The van der Waals surface area contributed by atoms with E-state index < -0.39 is 0 Å². The molecule has 0 radical (unpaired) electrons. The number of benzene rings is 1. The molecular weight excluding hydrogens is 420 g/mol. The van der Waals surface area contributed by atoms with Crippen molar-refractivity contribution in [2.45, 2.75) is 18.9 Å². The van der Waals surface area contributed by atoms with E-state index >= 15 is 0 Å². The summed E-state index contributed by atoms with van der Waals surface area (Å²) in [5, 5.41) is 0.451. The molecule has 164 valence electrons. The molecule has 1 aromatic carbocycles. The number of hydrogen-bond donors (Lipinski definition) is 0. The van der Waals surface area contributed by atoms with Crippen molar-refractivity contribution >= 4 is 29.2 Å². The van der Waals surface area contributed by atoms with Gasteiger partial charge in [0.05, 0.1) is 13.7 Å². The van der Waals surface area contributed by atoms with Gasteiger partial charge in [0.15, 0.2) is 0 Å². The molecule has 2 aliphatic rings. The quantitative estimate of drug-likeness (QED) is 0.684. The Kier molecular flexibility index (Phi) is 6.46. The van der Waals surface area contributed by atoms with Crippen molar-refractivity contribution in [1.82, 2.24) is 14.8 Å². The van der Waals surface area contributed by atoms with Crippen LogP contribution in [0.2, 0.25) is 5.02 Å². The summed E-state index contributed by atoms with van der Waals surface area (Å²) < 4.78 is 11.2. The molecule has 4 rings (SSSR count). The minimum Gasteiger partial charge on any atom is -0.497 e. The van der Waals surface area contributed by atoms with Gasteiger partial charge in [0.2, 0.25) is 5.91 Å². The fraction of sp³-hybridized carbons (Fsp3) is 0.409. The number of carbonyl (C=O) groups excluding carboxylic acids is 2. The van der Waals surface area contributed by atoms with Crippen molar-refractivity contribution < 1.29 is 19.1 Å². The number of hydrogen-bond acceptors (Lipinski definition) is 5. The smallest absolute Gasteiger partial charge is 0.325 e. The molecule has 3 heterocycles. The van der Waals surface area contributed by atoms with Crippen molar-refractivity contribution in [3.05, 3.63) is 47.7 Å². The first kappa shape index (κ1) is 21.2. The minimum atomic E-state index is -0.160. The number of methoxy groups -OCH3 is 1. The van der Waals surface area contributed by atoms with Crippen LogP contribution < -0.4 is 14.4 Å². The highest BCUT2D eigenvalue weighted by Crippen LogP contribution is 2.26. The first-order valence-electron chi connectivity index (χ1n) is 10.3. The third-order valence-corrected chi connectivity index (χ3v) is 5.85. The lowest BCUT2D eigenvalue weighted by atomic mass is 10.1. The average molecular weight is 445 g/mol. The van der Waals surface area contributed by atoms with Gasteiger partial charge >= 0.3 is 6.03 Å². The zero-order chi connectivity index (χ0) is 21.8. The van der Waals surface area contributed by atoms with Gasteiger partial charge in [-0.05, 0) is 37.1 Å². The lowest BCUT2D eigenvalue weighted by Gasteiger charge is -2.34. The molecule has 0 bridgehead atoms. The maximum atomic E-state index is 12.9. The largest absolute Gasteiger partial charge is 0.497 e. The molecule has 8 nitrogen and oxygen atoms in total. The summed E-state index contributed by atoms with van der Waals surface area (Å²) in [7, 11) is 1.60. The zero-order valence-electron chi connectivity index (χ0n) is 17.4. The number of anilines is 1. The summed E-state index contributed by atoms with van der Waals surface area (Å²) in [4.78, 5) is 34.7. The topological polar surface area (TPSA) is 75.2 Å². The number of halogens is 1. The maximum absolute atomic E-state index is 12.9. The molecule has 0 aliphatic carbocycles. The molecule has 1 aromatic heterocycles. The van der Waals surface area contributed by atoms with Gasteiger partial charge in [-0.15, -0.1) is 0 Å². The Hall–Kier alpha value is -3.00. The predicted molar refractivity (Wildman–Crippen MR) is 117 cm³/mol. The van der Waals surface area contributed by atoms with E-state index in [9.17, 15) is 9.59 Å². The van der Waals surface area contributed by atoms with Gasteiger partial charge in [-0.1, -0.05) is 11.6 Å². The molecule has 9 heteroatoms. The number of likely N-dealkylation sites (tertiary alicyclic amines) is 1. The van der Waals surface area contributed by atoms with Gasteiger partial charge in [0, 0.05) is 43.8 Å². The summed E-state index contributed by atoms with van der Waals surface area (Å²) in [5.41, 5.74) is 0.793. The van der Waals surface area contributed by atoms with Crippen molar-refractivity contribution in [2.24, 2.45) is 0 Å². The van der Waals surface area contributed by atoms with Gasteiger partial charge in [0.1, 0.15) is 29.2 Å². The van der Waals surface area contributed by atoms with E-state index in [1.807, 2.05) is 24.3 Å². The van der Waals surface area contributed by atoms with Crippen LogP contribution >= 0.6 is 11.6 Å². The summed E-state index contributed by atoms with van der Waals surface area (Å²) in [6, 6.07) is 8.89. The van der Waals surface area contributed by atoms with Crippen molar-refractivity contribution in [2.75, 3.05) is 44.7 Å². The van der Waals surface area contributed by atoms with Crippen molar-refractivity contribution in [1.29, 1.82) is 0 Å². The van der Waals surface area contributed by atoms with E-state index in [2.05, 4.69) is 4.98 Å². The third kappa shape index (κ3) is 4.85. The van der Waals surface area contributed by atoms with Gasteiger partial charge in [-0.3, -0.25) is 14.7 Å². The second-order valence-corrected chi connectivity index (χ2v) is 7.99. The number of amides is 3. The van der Waals surface area contributed by atoms with Crippen LogP contribution in [0.5, 0.6) is 11.5 Å². The Balaban J connectivity index is 1.33. The lowest BCUT2D eigenvalue weighted by Crippen LogP contribution is -2.48. The van der Waals surface area contributed by atoms with Gasteiger partial charge in [-0.25, -0.2) is 4.79 Å². The number of aromatic nitrogens is 1. The zero-order valence-corrected chi connectivity index (χ0v) is 18.1. The summed E-state index contributed by atoms with van der Waals surface area (Å²) in [5.74, 6) is 1.23. The fourth-order valence-electron chi connectivity index (χ4n) is 3.89. The molecule has 2 aromatic rings. The average Bonchev–Trinajstić information content (AvgIpc) is 3.15. The van der Waals surface area contributed by atoms with Gasteiger partial charge in [0.25, 0.3) is 0 Å². The van der Waals surface area contributed by atoms with Gasteiger partial charge in [-0.2, -0.15) is 0 Å². The van der Waals surface area contributed by atoms with Crippen LogP contribution in [0.25, 0.3) is 0 Å². The Morgan fingerprint density at radius 1 is 1.19 bits per heavy atom. The number of piperidine rings is 1. The standard InChI is InChI=1S/C22H25ClN4O4/c1-30-17-6-4-16(5-7-17)27-12-11-26(22(27)29)15-21(28)25-10-2-3-18(14-25)31-20-8-9-24-13-19(20)23/h4-9,13,18H,2-3,10-12,14-15H2,1H3. The molecule has 1 unspecified atom stereocenters. The van der Waals surface area contributed by atoms with E-state index in [4.69, 9.17) is 21.1 Å². The Morgan fingerprint density at radius 3 is 2.74 bits per heavy atom. The normalized spacial score (nSPS) is 19.0. The highest BCUT2D eigenvalue weighted by molar-refractivity contribution is 6.31. The molecule has 0 N–H and O–H groups in total. The highest BCUT2D eigenvalue weighted by Gasteiger charge is 2.33. The van der Waals surface area contributed by atoms with E-state index in [-0.39, 0.29) is 24.6 Å². The number of rotatable bonds is 6. The van der Waals surface area contributed by atoms with Crippen LogP contribution in [0.1, 0.15) is 12.8 Å². The molecule has 3 amide bonds. The monoisotopic (exact) mass is 444 g/mol. The minimum absolute atomic E-state index is 0.0637. The van der Waals surface area contributed by atoms with Gasteiger partial charge < -0.3 is 19.3 Å². The molecule has 0 spiro atoms. The molecule has 2 fully saturated rings. The third-order valence-electron chi connectivity index (χ3n) is 5.56. The van der Waals surface area contributed by atoms with Crippen LogP contribution in [0.3, 0.4) is 0 Å². The molecule has 2 saturated heterocycles. The molecule has 0 saturated carbocycles. The molecule has 2 aliphatic heterocycles. The van der Waals surface area contributed by atoms with Crippen LogP contribution in [0, 0.1) is 0 Å². The van der Waals surface area contributed by atoms with Crippen LogP contribution in [0.4, 0.5) is 10.5 Å². The number of nitrogens with zero attached hydrogens (tertiary/aromatic N) is 4. The van der Waals surface area contributed by atoms with Crippen LogP contribution in [-0.2, 0) is 4.79 Å². The fourth-order valence-corrected chi connectivity index (χ4v) is 4.06. The van der Waals surface area contributed by atoms with Crippen molar-refractivity contribution in [3.8, 4) is 11.5 Å². The summed E-state index contributed by atoms with van der Waals surface area (Å²) in [6.45, 7) is 2.25. The van der Waals surface area contributed by atoms with E-state index in [1.54, 1.807) is 34.1 Å². The first-order chi connectivity index (χ1) is 15.0. The predicted octanol–water partition coefficient (Wildman–Crippen LogP) is 3.06. The summed E-state index contributed by atoms with van der Waals surface area (Å²) >= 11 is 6.13. The van der Waals surface area contributed by atoms with E-state index in [0.717, 1.165) is 24.3 Å². The SMILES string of the molecule is COc1ccc(N2CCN(CC(=O)N3CCCC(Oc4ccncc4Cl)C3)C2=O)cc1. The second-order valence-electron chi connectivity index (χ2n) is 7.58. The van der Waals surface area contributed by atoms with Crippen molar-refractivity contribution in [3.63, 3.8) is 0 Å². The summed E-state index contributed by atoms with van der Waals surface area (Å²) in [6.07, 6.45) is 4.71. The number of carbonyl (C=O) groups is 2. The molecular formula is C22H25ClN4O4. The molecule has 31 heavy (non-hydrogen) atoms. The Bertz CT molecular complexity index is 939. The maximum Gasteiger partial charge on any atom is 0.325 e. The second kappa shape index (κ2) is 9.43. The van der Waals surface area contributed by atoms with Crippen LogP contribution in [0.15, 0.2) is 42.7 Å². The molecule has 1 atom stereocenters. The first-order valence-corrected chi connectivity index (χ1v) is 10.7. The Morgan fingerprint density at radius 2 is 2.00 bits per heavy atom. The number of urea groups is 1. The number of ether oxygens (including phenoxy) is 2. The number of pyridine rings is 1.